The highest BCUT2D eigenvalue weighted by atomic mass is 35.5. The van der Waals surface area contributed by atoms with Crippen LogP contribution >= 0.6 is 11.6 Å². The monoisotopic (exact) mass is 564 g/mol. The van der Waals surface area contributed by atoms with E-state index >= 15 is 0 Å². The lowest BCUT2D eigenvalue weighted by molar-refractivity contribution is -0.140. The molecule has 4 nitrogen and oxygen atoms in total. The number of ether oxygens (including phenoxy) is 1. The van der Waals surface area contributed by atoms with Crippen molar-refractivity contribution in [3.63, 3.8) is 0 Å². The fraction of sp³-hybridized carbons (Fsp3) is 0.143. The number of nitrogens with zero attached hydrogens (tertiary/aromatic N) is 1. The summed E-state index contributed by atoms with van der Waals surface area (Å²) in [4.78, 5) is 17.9. The molecule has 0 aliphatic rings. The zero-order valence-electron chi connectivity index (χ0n) is 19.9. The Labute approximate surface area is 224 Å². The van der Waals surface area contributed by atoms with Gasteiger partial charge in [0.1, 0.15) is 17.1 Å². The summed E-state index contributed by atoms with van der Waals surface area (Å²) in [5.41, 5.74) is -2.58. The van der Waals surface area contributed by atoms with Crippen molar-refractivity contribution in [3.8, 4) is 5.75 Å². The van der Waals surface area contributed by atoms with E-state index < -0.39 is 41.2 Å². The molecule has 0 saturated carbocycles. The standard InChI is InChI=1S/C28H19ClF6N2O2/c29-20-10-12-24(36-16-20)27(15-17-5-2-1-3-6-17,19-7-4-8-21(14-19)39-26(31)32)37-25(38)18-9-11-23(30)22(13-18)28(33,34)35/h1-14,16,26H,15H2,(H,37,38). The van der Waals surface area contributed by atoms with E-state index in [1.54, 1.807) is 30.3 Å². The second kappa shape index (κ2) is 11.4. The summed E-state index contributed by atoms with van der Waals surface area (Å²) in [7, 11) is 0. The van der Waals surface area contributed by atoms with Gasteiger partial charge in [-0.15, -0.1) is 0 Å². The summed E-state index contributed by atoms with van der Waals surface area (Å²) in [5.74, 6) is -2.75. The summed E-state index contributed by atoms with van der Waals surface area (Å²) < 4.78 is 84.6. The first-order valence-electron chi connectivity index (χ1n) is 11.4. The van der Waals surface area contributed by atoms with Crippen molar-refractivity contribution < 1.29 is 35.9 Å². The number of benzene rings is 3. The molecule has 0 radical (unpaired) electrons. The lowest BCUT2D eigenvalue weighted by atomic mass is 9.80. The van der Waals surface area contributed by atoms with Crippen LogP contribution in [-0.2, 0) is 18.1 Å². The largest absolute Gasteiger partial charge is 0.435 e. The number of aromatic nitrogens is 1. The highest BCUT2D eigenvalue weighted by Gasteiger charge is 2.40. The minimum absolute atomic E-state index is 0.000330. The maximum absolute atomic E-state index is 13.9. The Morgan fingerprint density at radius 2 is 1.69 bits per heavy atom. The van der Waals surface area contributed by atoms with E-state index in [9.17, 15) is 31.1 Å². The number of nitrogens with one attached hydrogen (secondary N) is 1. The third-order valence-corrected chi connectivity index (χ3v) is 6.11. The maximum atomic E-state index is 13.9. The Kier molecular flexibility index (Phi) is 8.15. The smallest absolute Gasteiger partial charge is 0.419 e. The third kappa shape index (κ3) is 6.51. The van der Waals surface area contributed by atoms with Crippen LogP contribution in [0.2, 0.25) is 5.02 Å². The van der Waals surface area contributed by atoms with Gasteiger partial charge in [-0.05, 0) is 53.6 Å². The molecular weight excluding hydrogens is 546 g/mol. The molecule has 1 heterocycles. The minimum atomic E-state index is -5.04. The van der Waals surface area contributed by atoms with Crippen molar-refractivity contribution in [2.75, 3.05) is 0 Å². The van der Waals surface area contributed by atoms with Gasteiger partial charge in [0.25, 0.3) is 5.91 Å². The van der Waals surface area contributed by atoms with Crippen LogP contribution in [0.15, 0.2) is 91.1 Å². The van der Waals surface area contributed by atoms with Crippen LogP contribution < -0.4 is 10.1 Å². The van der Waals surface area contributed by atoms with Gasteiger partial charge in [0.15, 0.2) is 0 Å². The molecule has 0 spiro atoms. The second-order valence-electron chi connectivity index (χ2n) is 8.48. The van der Waals surface area contributed by atoms with Gasteiger partial charge in [-0.25, -0.2) is 4.39 Å². The fourth-order valence-corrected chi connectivity index (χ4v) is 4.25. The number of carbonyl (C=O) groups is 1. The molecule has 0 bridgehead atoms. The molecule has 0 aliphatic carbocycles. The molecule has 0 fully saturated rings. The quantitative estimate of drug-likeness (QED) is 0.227. The molecule has 1 amide bonds. The van der Waals surface area contributed by atoms with Crippen LogP contribution in [-0.4, -0.2) is 17.5 Å². The van der Waals surface area contributed by atoms with Crippen LogP contribution in [0.25, 0.3) is 0 Å². The van der Waals surface area contributed by atoms with Gasteiger partial charge < -0.3 is 10.1 Å². The van der Waals surface area contributed by atoms with Crippen LogP contribution in [0.5, 0.6) is 5.75 Å². The maximum Gasteiger partial charge on any atom is 0.419 e. The Balaban J connectivity index is 1.91. The topological polar surface area (TPSA) is 51.2 Å². The molecule has 4 aromatic rings. The number of hydrogen-bond acceptors (Lipinski definition) is 3. The van der Waals surface area contributed by atoms with E-state index in [-0.39, 0.29) is 28.5 Å². The van der Waals surface area contributed by atoms with Crippen LogP contribution in [0.1, 0.15) is 32.7 Å². The molecule has 202 valence electrons. The highest BCUT2D eigenvalue weighted by Crippen LogP contribution is 2.36. The molecule has 11 heteroatoms. The highest BCUT2D eigenvalue weighted by molar-refractivity contribution is 6.30. The average Bonchev–Trinajstić information content (AvgIpc) is 2.88. The van der Waals surface area contributed by atoms with Crippen molar-refractivity contribution in [3.05, 3.63) is 130 Å². The number of pyridine rings is 1. The van der Waals surface area contributed by atoms with E-state index in [0.29, 0.717) is 17.7 Å². The SMILES string of the molecule is O=C(NC(Cc1ccccc1)(c1cccc(OC(F)F)c1)c1ccc(Cl)cn1)c1ccc(F)c(C(F)(F)F)c1. The van der Waals surface area contributed by atoms with Gasteiger partial charge >= 0.3 is 12.8 Å². The zero-order valence-corrected chi connectivity index (χ0v) is 20.6. The summed E-state index contributed by atoms with van der Waals surface area (Å²) in [6.45, 7) is -3.13. The van der Waals surface area contributed by atoms with Crippen LogP contribution in [0.3, 0.4) is 0 Å². The van der Waals surface area contributed by atoms with E-state index in [1.165, 1.54) is 42.6 Å². The molecule has 3 aromatic carbocycles. The van der Waals surface area contributed by atoms with E-state index in [1.807, 2.05) is 0 Å². The van der Waals surface area contributed by atoms with Crippen molar-refractivity contribution in [2.45, 2.75) is 24.7 Å². The molecular formula is C28H19ClF6N2O2. The molecule has 0 aliphatic heterocycles. The van der Waals surface area contributed by atoms with Gasteiger partial charge in [0.2, 0.25) is 0 Å². The van der Waals surface area contributed by atoms with Gasteiger partial charge in [0, 0.05) is 18.2 Å². The molecule has 1 atom stereocenters. The summed E-state index contributed by atoms with van der Waals surface area (Å²) in [5, 5.41) is 3.01. The molecule has 1 aromatic heterocycles. The van der Waals surface area contributed by atoms with E-state index in [4.69, 9.17) is 11.6 Å². The minimum Gasteiger partial charge on any atom is -0.435 e. The number of amides is 1. The van der Waals surface area contributed by atoms with Crippen molar-refractivity contribution in [2.24, 2.45) is 0 Å². The third-order valence-electron chi connectivity index (χ3n) is 5.89. The number of hydrogen-bond donors (Lipinski definition) is 1. The van der Waals surface area contributed by atoms with Gasteiger partial charge in [0.05, 0.1) is 16.3 Å². The van der Waals surface area contributed by atoms with Gasteiger partial charge in [-0.3, -0.25) is 9.78 Å². The van der Waals surface area contributed by atoms with Gasteiger partial charge in [-0.2, -0.15) is 22.0 Å². The average molecular weight is 565 g/mol. The van der Waals surface area contributed by atoms with E-state index in [2.05, 4.69) is 15.0 Å². The Morgan fingerprint density at radius 3 is 2.33 bits per heavy atom. The number of alkyl halides is 5. The summed E-state index contributed by atoms with van der Waals surface area (Å²) in [6, 6.07) is 19.1. The lowest BCUT2D eigenvalue weighted by Gasteiger charge is -2.36. The Hall–Kier alpha value is -4.05. The normalized spacial score (nSPS) is 13.1. The molecule has 1 unspecified atom stereocenters. The summed E-state index contributed by atoms with van der Waals surface area (Å²) in [6.07, 6.45) is -3.73. The molecule has 1 N–H and O–H groups in total. The predicted molar refractivity (Wildman–Crippen MR) is 132 cm³/mol. The number of halogens is 7. The molecule has 4 rings (SSSR count). The number of rotatable bonds is 8. The fourth-order valence-electron chi connectivity index (χ4n) is 4.14. The van der Waals surface area contributed by atoms with Crippen LogP contribution in [0, 0.1) is 5.82 Å². The first kappa shape index (κ1) is 28.0. The molecule has 39 heavy (non-hydrogen) atoms. The Bertz CT molecular complexity index is 1450. The Morgan fingerprint density at radius 1 is 0.949 bits per heavy atom. The van der Waals surface area contributed by atoms with E-state index in [0.717, 1.165) is 6.07 Å². The lowest BCUT2D eigenvalue weighted by Crippen LogP contribution is -2.49. The molecule has 0 saturated heterocycles. The number of carbonyl (C=O) groups excluding carboxylic acids is 1. The second-order valence-corrected chi connectivity index (χ2v) is 8.92. The van der Waals surface area contributed by atoms with Crippen molar-refractivity contribution in [1.82, 2.24) is 10.3 Å². The zero-order chi connectivity index (χ0) is 28.2. The summed E-state index contributed by atoms with van der Waals surface area (Å²) >= 11 is 6.03. The van der Waals surface area contributed by atoms with Crippen molar-refractivity contribution in [1.29, 1.82) is 0 Å². The van der Waals surface area contributed by atoms with Gasteiger partial charge in [-0.1, -0.05) is 54.1 Å². The first-order valence-corrected chi connectivity index (χ1v) is 11.8. The van der Waals surface area contributed by atoms with Crippen LogP contribution in [0.4, 0.5) is 26.3 Å². The predicted octanol–water partition coefficient (Wildman–Crippen LogP) is 7.41. The van der Waals surface area contributed by atoms with Crippen molar-refractivity contribution >= 4 is 17.5 Å². The first-order chi connectivity index (χ1) is 18.5.